The smallest absolute Gasteiger partial charge is 0.185 e. The number of halogens is 4. The number of hydrogen-bond donors (Lipinski definition) is 0. The number of nitrogens with zero attached hydrogens (tertiary/aromatic N) is 1. The van der Waals surface area contributed by atoms with Crippen molar-refractivity contribution in [1.82, 2.24) is 4.98 Å². The zero-order valence-corrected chi connectivity index (χ0v) is 9.95. The van der Waals surface area contributed by atoms with E-state index < -0.39 is 17.5 Å². The fourth-order valence-electron chi connectivity index (χ4n) is 1.63. The Bertz CT molecular complexity index is 596. The molecular formula is C12H9ClF3N. The van der Waals surface area contributed by atoms with Crippen molar-refractivity contribution < 1.29 is 13.2 Å². The molecule has 0 saturated heterocycles. The van der Waals surface area contributed by atoms with Gasteiger partial charge in [0.15, 0.2) is 11.6 Å². The second-order valence-corrected chi connectivity index (χ2v) is 4.43. The summed E-state index contributed by atoms with van der Waals surface area (Å²) in [5.74, 6) is -3.27. The average Bonchev–Trinajstić information content (AvgIpc) is 2.25. The number of fused-ring (bicyclic) bond motifs is 1. The van der Waals surface area contributed by atoms with Crippen molar-refractivity contribution in [3.8, 4) is 0 Å². The zero-order chi connectivity index (χ0) is 12.7. The summed E-state index contributed by atoms with van der Waals surface area (Å²) in [6, 6.07) is 1.92. The predicted octanol–water partition coefficient (Wildman–Crippen LogP) is 4.43. The molecule has 0 spiro atoms. The Morgan fingerprint density at radius 3 is 2.35 bits per heavy atom. The lowest BCUT2D eigenvalue weighted by Gasteiger charge is -2.10. The molecule has 1 nitrogen and oxygen atoms in total. The van der Waals surface area contributed by atoms with Crippen LogP contribution in [0, 0.1) is 17.5 Å². The summed E-state index contributed by atoms with van der Waals surface area (Å²) < 4.78 is 39.9. The van der Waals surface area contributed by atoms with Gasteiger partial charge in [0, 0.05) is 11.5 Å². The highest BCUT2D eigenvalue weighted by atomic mass is 35.5. The molecule has 5 heteroatoms. The van der Waals surface area contributed by atoms with Crippen LogP contribution in [0.2, 0.25) is 5.15 Å². The lowest BCUT2D eigenvalue weighted by Crippen LogP contribution is -1.98. The van der Waals surface area contributed by atoms with E-state index >= 15 is 0 Å². The van der Waals surface area contributed by atoms with E-state index in [2.05, 4.69) is 4.98 Å². The fraction of sp³-hybridized carbons (Fsp3) is 0.250. The molecule has 0 radical (unpaired) electrons. The summed E-state index contributed by atoms with van der Waals surface area (Å²) in [6.07, 6.45) is 0. The second-order valence-electron chi connectivity index (χ2n) is 4.07. The van der Waals surface area contributed by atoms with Crippen molar-refractivity contribution in [2.24, 2.45) is 0 Å². The van der Waals surface area contributed by atoms with Crippen molar-refractivity contribution in [2.75, 3.05) is 0 Å². The van der Waals surface area contributed by atoms with Crippen molar-refractivity contribution >= 4 is 22.5 Å². The number of aromatic nitrogens is 1. The quantitative estimate of drug-likeness (QED) is 0.545. The molecule has 0 saturated carbocycles. The van der Waals surface area contributed by atoms with E-state index in [0.29, 0.717) is 11.6 Å². The van der Waals surface area contributed by atoms with E-state index in [-0.39, 0.29) is 22.0 Å². The Labute approximate surface area is 101 Å². The highest BCUT2D eigenvalue weighted by Crippen LogP contribution is 2.30. The molecule has 2 aromatic rings. The highest BCUT2D eigenvalue weighted by molar-refractivity contribution is 6.30. The van der Waals surface area contributed by atoms with E-state index in [1.807, 2.05) is 13.8 Å². The molecule has 90 valence electrons. The third kappa shape index (κ3) is 1.97. The molecule has 0 aliphatic carbocycles. The lowest BCUT2D eigenvalue weighted by molar-refractivity contribution is 0.504. The summed E-state index contributed by atoms with van der Waals surface area (Å²) in [4.78, 5) is 3.73. The van der Waals surface area contributed by atoms with Crippen LogP contribution in [0.3, 0.4) is 0 Å². The number of pyridine rings is 1. The minimum atomic E-state index is -1.27. The molecule has 0 amide bonds. The molecular weight excluding hydrogens is 251 g/mol. The van der Waals surface area contributed by atoms with Gasteiger partial charge in [0.25, 0.3) is 0 Å². The van der Waals surface area contributed by atoms with Gasteiger partial charge in [-0.3, -0.25) is 0 Å². The molecule has 0 bridgehead atoms. The largest absolute Gasteiger partial charge is 0.232 e. The molecule has 0 atom stereocenters. The monoisotopic (exact) mass is 259 g/mol. The molecule has 2 rings (SSSR count). The van der Waals surface area contributed by atoms with Gasteiger partial charge in [-0.25, -0.2) is 18.2 Å². The first kappa shape index (κ1) is 12.2. The molecule has 0 aliphatic rings. The van der Waals surface area contributed by atoms with Crippen molar-refractivity contribution in [2.45, 2.75) is 19.8 Å². The SMILES string of the molecule is CC(C)c1cc2c(F)cc(F)c(F)c2nc1Cl. The topological polar surface area (TPSA) is 12.9 Å². The van der Waals surface area contributed by atoms with Crippen LogP contribution in [-0.4, -0.2) is 4.98 Å². The van der Waals surface area contributed by atoms with Gasteiger partial charge in [-0.2, -0.15) is 0 Å². The third-order valence-electron chi connectivity index (χ3n) is 2.55. The van der Waals surface area contributed by atoms with Gasteiger partial charge in [-0.15, -0.1) is 0 Å². The van der Waals surface area contributed by atoms with E-state index in [4.69, 9.17) is 11.6 Å². The number of rotatable bonds is 1. The van der Waals surface area contributed by atoms with Gasteiger partial charge in [0.05, 0.1) is 0 Å². The van der Waals surface area contributed by atoms with E-state index in [0.717, 1.165) is 0 Å². The van der Waals surface area contributed by atoms with Crippen LogP contribution < -0.4 is 0 Å². The Morgan fingerprint density at radius 1 is 1.12 bits per heavy atom. The highest BCUT2D eigenvalue weighted by Gasteiger charge is 2.17. The summed E-state index contributed by atoms with van der Waals surface area (Å²) in [6.45, 7) is 3.71. The first-order valence-corrected chi connectivity index (χ1v) is 5.43. The van der Waals surface area contributed by atoms with Crippen LogP contribution in [0.15, 0.2) is 12.1 Å². The first-order chi connectivity index (χ1) is 7.91. The maximum absolute atomic E-state index is 13.5. The maximum Gasteiger partial charge on any atom is 0.185 e. The van der Waals surface area contributed by atoms with E-state index in [9.17, 15) is 13.2 Å². The van der Waals surface area contributed by atoms with E-state index in [1.165, 1.54) is 6.07 Å². The second kappa shape index (κ2) is 4.18. The average molecular weight is 260 g/mol. The van der Waals surface area contributed by atoms with Gasteiger partial charge in [-0.05, 0) is 17.5 Å². The molecule has 1 aromatic heterocycles. The van der Waals surface area contributed by atoms with Crippen LogP contribution in [0.4, 0.5) is 13.2 Å². The zero-order valence-electron chi connectivity index (χ0n) is 9.19. The van der Waals surface area contributed by atoms with Gasteiger partial charge < -0.3 is 0 Å². The van der Waals surface area contributed by atoms with Crippen molar-refractivity contribution in [1.29, 1.82) is 0 Å². The van der Waals surface area contributed by atoms with Crippen molar-refractivity contribution in [3.63, 3.8) is 0 Å². The Kier molecular flexibility index (Phi) is 3.00. The third-order valence-corrected chi connectivity index (χ3v) is 2.86. The Morgan fingerprint density at radius 2 is 1.76 bits per heavy atom. The van der Waals surface area contributed by atoms with Crippen LogP contribution in [0.1, 0.15) is 25.3 Å². The molecule has 0 fully saturated rings. The van der Waals surface area contributed by atoms with Gasteiger partial charge >= 0.3 is 0 Å². The summed E-state index contributed by atoms with van der Waals surface area (Å²) in [5.41, 5.74) is 0.223. The molecule has 17 heavy (non-hydrogen) atoms. The Hall–Kier alpha value is -1.29. The normalized spacial score (nSPS) is 11.5. The van der Waals surface area contributed by atoms with Gasteiger partial charge in [0.1, 0.15) is 16.5 Å². The summed E-state index contributed by atoms with van der Waals surface area (Å²) in [5, 5.41) is 0.00778. The maximum atomic E-state index is 13.5. The lowest BCUT2D eigenvalue weighted by atomic mass is 10.0. The van der Waals surface area contributed by atoms with Gasteiger partial charge in [-0.1, -0.05) is 25.4 Å². The van der Waals surface area contributed by atoms with Crippen molar-refractivity contribution in [3.05, 3.63) is 40.3 Å². The van der Waals surface area contributed by atoms with Crippen LogP contribution in [0.25, 0.3) is 10.9 Å². The fourth-order valence-corrected chi connectivity index (χ4v) is 1.98. The summed E-state index contributed by atoms with van der Waals surface area (Å²) >= 11 is 5.85. The van der Waals surface area contributed by atoms with E-state index in [1.54, 1.807) is 0 Å². The van der Waals surface area contributed by atoms with Crippen LogP contribution >= 0.6 is 11.6 Å². The van der Waals surface area contributed by atoms with Crippen LogP contribution in [0.5, 0.6) is 0 Å². The molecule has 1 heterocycles. The van der Waals surface area contributed by atoms with Crippen LogP contribution in [-0.2, 0) is 0 Å². The standard InChI is InChI=1S/C12H9ClF3N/c1-5(2)6-3-7-8(14)4-9(15)10(16)11(7)17-12(6)13/h3-5H,1-2H3. The predicted molar refractivity (Wildman–Crippen MR) is 60.7 cm³/mol. The summed E-state index contributed by atoms with van der Waals surface area (Å²) in [7, 11) is 0. The minimum absolute atomic E-state index is 0.0203. The number of benzene rings is 1. The minimum Gasteiger partial charge on any atom is -0.232 e. The molecule has 0 aliphatic heterocycles. The molecule has 1 aromatic carbocycles. The molecule has 0 unspecified atom stereocenters. The number of hydrogen-bond acceptors (Lipinski definition) is 1. The van der Waals surface area contributed by atoms with Gasteiger partial charge in [0.2, 0.25) is 0 Å². The first-order valence-electron chi connectivity index (χ1n) is 5.05. The molecule has 0 N–H and O–H groups in total. The Balaban J connectivity index is 2.87.